The molecular weight excluding hydrogens is 277 g/mol. The molecule has 1 heterocycles. The van der Waals surface area contributed by atoms with Gasteiger partial charge in [0, 0.05) is 12.6 Å². The monoisotopic (exact) mass is 298 g/mol. The Morgan fingerprint density at radius 1 is 1.10 bits per heavy atom. The van der Waals surface area contributed by atoms with Gasteiger partial charge in [0.15, 0.2) is 0 Å². The van der Waals surface area contributed by atoms with E-state index < -0.39 is 11.7 Å². The molecule has 0 aromatic heterocycles. The van der Waals surface area contributed by atoms with Crippen molar-refractivity contribution in [3.05, 3.63) is 35.9 Å². The minimum Gasteiger partial charge on any atom is -0.301 e. The van der Waals surface area contributed by atoms with Crippen molar-refractivity contribution >= 4 is 0 Å². The van der Waals surface area contributed by atoms with Crippen molar-refractivity contribution in [2.75, 3.05) is 13.1 Å². The lowest BCUT2D eigenvalue weighted by molar-refractivity contribution is -0.168. The maximum atomic E-state index is 12.9. The fourth-order valence-electron chi connectivity index (χ4n) is 3.10. The Hall–Kier alpha value is -1.07. The zero-order valence-corrected chi connectivity index (χ0v) is 12.0. The predicted molar refractivity (Wildman–Crippen MR) is 75.9 cm³/mol. The van der Waals surface area contributed by atoms with Gasteiger partial charge in [0.2, 0.25) is 0 Å². The van der Waals surface area contributed by atoms with Crippen LogP contribution in [0.3, 0.4) is 0 Å². The molecule has 0 bridgehead atoms. The first kappa shape index (κ1) is 14.9. The zero-order chi connectivity index (χ0) is 14.9. The van der Waals surface area contributed by atoms with Crippen LogP contribution >= 0.6 is 0 Å². The number of nitrogens with zero attached hydrogens (tertiary/aromatic N) is 1. The average molecular weight is 298 g/mol. The van der Waals surface area contributed by atoms with E-state index in [0.29, 0.717) is 0 Å². The van der Waals surface area contributed by atoms with Crippen molar-refractivity contribution in [2.45, 2.75) is 50.0 Å². The third-order valence-corrected chi connectivity index (χ3v) is 4.61. The van der Waals surface area contributed by atoms with Gasteiger partial charge in [-0.3, -0.25) is 4.90 Å². The predicted octanol–water partition coefficient (Wildman–Crippen LogP) is 3.34. The number of likely N-dealkylation sites (tertiary alicyclic amines) is 1. The van der Waals surface area contributed by atoms with Gasteiger partial charge < -0.3 is 5.32 Å². The molecule has 1 aromatic carbocycles. The van der Waals surface area contributed by atoms with Crippen LogP contribution in [0.4, 0.5) is 13.2 Å². The molecule has 2 fully saturated rings. The highest BCUT2D eigenvalue weighted by Crippen LogP contribution is 2.49. The van der Waals surface area contributed by atoms with Gasteiger partial charge >= 0.3 is 6.18 Å². The molecule has 0 unspecified atom stereocenters. The van der Waals surface area contributed by atoms with Crippen LogP contribution in [-0.4, -0.2) is 35.7 Å². The van der Waals surface area contributed by atoms with Crippen molar-refractivity contribution in [1.82, 2.24) is 10.2 Å². The zero-order valence-electron chi connectivity index (χ0n) is 12.0. The Kier molecular flexibility index (Phi) is 3.97. The van der Waals surface area contributed by atoms with E-state index in [-0.39, 0.29) is 18.9 Å². The molecule has 1 N–H and O–H groups in total. The Labute approximate surface area is 123 Å². The molecule has 0 amide bonds. The van der Waals surface area contributed by atoms with E-state index in [0.717, 1.165) is 32.5 Å². The fourth-order valence-corrected chi connectivity index (χ4v) is 3.10. The number of benzene rings is 1. The number of alkyl halides is 3. The van der Waals surface area contributed by atoms with Gasteiger partial charge in [-0.15, -0.1) is 0 Å². The lowest BCUT2D eigenvalue weighted by Crippen LogP contribution is -2.53. The number of hydrogen-bond acceptors (Lipinski definition) is 2. The first-order valence-electron chi connectivity index (χ1n) is 7.59. The Morgan fingerprint density at radius 3 is 2.24 bits per heavy atom. The summed E-state index contributed by atoms with van der Waals surface area (Å²) in [6.45, 7) is 2.61. The summed E-state index contributed by atoms with van der Waals surface area (Å²) in [5.74, 6) is 0. The highest BCUT2D eigenvalue weighted by molar-refractivity contribution is 5.14. The molecule has 0 atom stereocenters. The van der Waals surface area contributed by atoms with Crippen LogP contribution in [0.5, 0.6) is 0 Å². The third-order valence-electron chi connectivity index (χ3n) is 4.61. The number of hydrogen-bond donors (Lipinski definition) is 1. The summed E-state index contributed by atoms with van der Waals surface area (Å²) >= 11 is 0. The van der Waals surface area contributed by atoms with Gasteiger partial charge in [-0.25, -0.2) is 0 Å². The summed E-state index contributed by atoms with van der Waals surface area (Å²) in [4.78, 5) is 2.32. The van der Waals surface area contributed by atoms with Crippen molar-refractivity contribution < 1.29 is 13.2 Å². The minimum absolute atomic E-state index is 0.00106. The van der Waals surface area contributed by atoms with E-state index in [1.807, 2.05) is 18.2 Å². The highest BCUT2D eigenvalue weighted by Gasteiger charge is 2.63. The van der Waals surface area contributed by atoms with Crippen molar-refractivity contribution in [3.63, 3.8) is 0 Å². The van der Waals surface area contributed by atoms with Crippen LogP contribution in [0.15, 0.2) is 30.3 Å². The smallest absolute Gasteiger partial charge is 0.301 e. The molecule has 5 heteroatoms. The van der Waals surface area contributed by atoms with E-state index in [1.54, 1.807) is 0 Å². The van der Waals surface area contributed by atoms with Gasteiger partial charge in [0.05, 0.1) is 0 Å². The van der Waals surface area contributed by atoms with Crippen LogP contribution < -0.4 is 5.32 Å². The van der Waals surface area contributed by atoms with Crippen molar-refractivity contribution in [2.24, 2.45) is 0 Å². The van der Waals surface area contributed by atoms with Gasteiger partial charge in [0.25, 0.3) is 0 Å². The fraction of sp³-hybridized carbons (Fsp3) is 0.625. The molecule has 116 valence electrons. The highest BCUT2D eigenvalue weighted by atomic mass is 19.4. The number of piperidine rings is 1. The maximum absolute atomic E-state index is 12.9. The van der Waals surface area contributed by atoms with Gasteiger partial charge in [-0.2, -0.15) is 13.2 Å². The Morgan fingerprint density at radius 2 is 1.71 bits per heavy atom. The van der Waals surface area contributed by atoms with Crippen molar-refractivity contribution in [3.8, 4) is 0 Å². The summed E-state index contributed by atoms with van der Waals surface area (Å²) < 4.78 is 38.8. The van der Waals surface area contributed by atoms with E-state index in [9.17, 15) is 13.2 Å². The molecule has 2 nitrogen and oxygen atoms in total. The Bertz CT molecular complexity index is 460. The molecule has 0 radical (unpaired) electrons. The molecule has 3 rings (SSSR count). The standard InChI is InChI=1S/C16H21F3N2/c17-16(18,19)15(8-9-15)20-14-6-10-21(11-7-14)12-13-4-2-1-3-5-13/h1-5,14,20H,6-12H2. The molecule has 1 saturated carbocycles. The van der Waals surface area contributed by atoms with E-state index in [1.165, 1.54) is 5.56 Å². The van der Waals surface area contributed by atoms with Crippen LogP contribution in [0.25, 0.3) is 0 Å². The molecule has 2 aliphatic rings. The van der Waals surface area contributed by atoms with Crippen molar-refractivity contribution in [1.29, 1.82) is 0 Å². The molecule has 1 aromatic rings. The normalized spacial score (nSPS) is 23.2. The van der Waals surface area contributed by atoms with Gasteiger partial charge in [-0.1, -0.05) is 30.3 Å². The largest absolute Gasteiger partial charge is 0.406 e. The second-order valence-electron chi connectivity index (χ2n) is 6.26. The molecule has 1 saturated heterocycles. The van der Waals surface area contributed by atoms with Crippen LogP contribution in [-0.2, 0) is 6.54 Å². The average Bonchev–Trinajstić information content (AvgIpc) is 3.23. The lowest BCUT2D eigenvalue weighted by Gasteiger charge is -2.35. The summed E-state index contributed by atoms with van der Waals surface area (Å²) in [7, 11) is 0. The molecule has 1 aliphatic carbocycles. The third kappa shape index (κ3) is 3.40. The number of nitrogens with one attached hydrogen (secondary N) is 1. The number of rotatable bonds is 4. The molecule has 21 heavy (non-hydrogen) atoms. The first-order chi connectivity index (χ1) is 9.98. The van der Waals surface area contributed by atoms with Gasteiger partial charge in [-0.05, 0) is 44.3 Å². The molecular formula is C16H21F3N2. The topological polar surface area (TPSA) is 15.3 Å². The quantitative estimate of drug-likeness (QED) is 0.917. The van der Waals surface area contributed by atoms with Gasteiger partial charge in [0.1, 0.15) is 5.54 Å². The van der Waals surface area contributed by atoms with E-state index in [2.05, 4.69) is 22.3 Å². The lowest BCUT2D eigenvalue weighted by atomic mass is 10.0. The summed E-state index contributed by atoms with van der Waals surface area (Å²) in [5, 5.41) is 2.88. The first-order valence-corrected chi connectivity index (χ1v) is 7.59. The summed E-state index contributed by atoms with van der Waals surface area (Å²) in [5.41, 5.74) is -0.308. The van der Waals surface area contributed by atoms with Crippen LogP contribution in [0, 0.1) is 0 Å². The summed E-state index contributed by atoms with van der Waals surface area (Å²) in [6, 6.07) is 10.2. The molecule has 1 aliphatic heterocycles. The Balaban J connectivity index is 1.48. The van der Waals surface area contributed by atoms with Crippen LogP contribution in [0.2, 0.25) is 0 Å². The summed E-state index contributed by atoms with van der Waals surface area (Å²) in [6.07, 6.45) is -2.04. The SMILES string of the molecule is FC(F)(F)C1(NC2CCN(Cc3ccccc3)CC2)CC1. The maximum Gasteiger partial charge on any atom is 0.406 e. The minimum atomic E-state index is -4.10. The van der Waals surface area contributed by atoms with E-state index in [4.69, 9.17) is 0 Å². The van der Waals surface area contributed by atoms with E-state index >= 15 is 0 Å². The van der Waals surface area contributed by atoms with Crippen LogP contribution in [0.1, 0.15) is 31.2 Å². The second-order valence-corrected chi connectivity index (χ2v) is 6.26. The molecule has 0 spiro atoms. The second kappa shape index (κ2) is 5.61. The number of halogens is 3.